The minimum Gasteiger partial charge on any atom is -0.493 e. The van der Waals surface area contributed by atoms with Gasteiger partial charge in [-0.3, -0.25) is 4.90 Å². The molecule has 1 heterocycles. The number of piperidine rings is 1. The van der Waals surface area contributed by atoms with Crippen LogP contribution in [-0.4, -0.2) is 54.5 Å². The highest BCUT2D eigenvalue weighted by molar-refractivity contribution is 6.33. The van der Waals surface area contributed by atoms with Crippen molar-refractivity contribution in [3.63, 3.8) is 0 Å². The summed E-state index contributed by atoms with van der Waals surface area (Å²) < 4.78 is 41.1. The Kier molecular flexibility index (Phi) is 9.30. The number of nitrogens with zero attached hydrogens (tertiary/aromatic N) is 1. The largest absolute Gasteiger partial charge is 0.493 e. The lowest BCUT2D eigenvalue weighted by Gasteiger charge is -2.37. The van der Waals surface area contributed by atoms with E-state index in [4.69, 9.17) is 26.2 Å². The first-order chi connectivity index (χ1) is 18.7. The number of nitrogens with one attached hydrogen (secondary N) is 1. The monoisotopic (exact) mass is 558 g/mol. The highest BCUT2D eigenvalue weighted by Crippen LogP contribution is 2.41. The van der Waals surface area contributed by atoms with Crippen molar-refractivity contribution >= 4 is 23.3 Å². The summed E-state index contributed by atoms with van der Waals surface area (Å²) >= 11 is 6.18. The molecule has 0 saturated carbocycles. The van der Waals surface area contributed by atoms with Crippen LogP contribution in [0.2, 0.25) is 5.02 Å². The molecule has 2 N–H and O–H groups in total. The van der Waals surface area contributed by atoms with Crippen molar-refractivity contribution in [2.45, 2.75) is 38.9 Å². The molecule has 3 aromatic carbocycles. The molecule has 0 spiro atoms. The van der Waals surface area contributed by atoms with Gasteiger partial charge in [0.2, 0.25) is 0 Å². The molecule has 1 aliphatic rings. The standard InChI is InChI=1S/C30H33ClF2N2O4/c1-3-38-26-15-20(16-27(39-4-2)28(26)21-5-8-23(32)9-6-21)18-35-13-11-30(33,12-14-35)19-34-25-10-7-22(29(36)37)17-24(25)31/h5-10,15-17,34H,3-4,11-14,18-19H2,1-2H3,(H,36,37). The zero-order chi connectivity index (χ0) is 28.0. The highest BCUT2D eigenvalue weighted by Gasteiger charge is 2.34. The molecule has 208 valence electrons. The number of anilines is 1. The van der Waals surface area contributed by atoms with Gasteiger partial charge in [0.15, 0.2) is 0 Å². The molecule has 9 heteroatoms. The van der Waals surface area contributed by atoms with Crippen molar-refractivity contribution in [3.8, 4) is 22.6 Å². The molecular formula is C30H33ClF2N2O4. The van der Waals surface area contributed by atoms with Crippen LogP contribution in [0.15, 0.2) is 54.6 Å². The lowest BCUT2D eigenvalue weighted by molar-refractivity contribution is 0.0653. The van der Waals surface area contributed by atoms with Gasteiger partial charge >= 0.3 is 5.97 Å². The molecular weight excluding hydrogens is 526 g/mol. The number of ether oxygens (including phenoxy) is 2. The van der Waals surface area contributed by atoms with E-state index in [1.807, 2.05) is 26.0 Å². The molecule has 4 rings (SSSR count). The number of carboxylic acid groups (broad SMARTS) is 1. The zero-order valence-electron chi connectivity index (χ0n) is 22.1. The summed E-state index contributed by atoms with van der Waals surface area (Å²) in [7, 11) is 0. The van der Waals surface area contributed by atoms with Gasteiger partial charge in [-0.25, -0.2) is 13.6 Å². The normalized spacial score (nSPS) is 15.1. The van der Waals surface area contributed by atoms with Gasteiger partial charge in [0.1, 0.15) is 23.0 Å². The third kappa shape index (κ3) is 7.19. The minimum absolute atomic E-state index is 0.0829. The van der Waals surface area contributed by atoms with Crippen LogP contribution < -0.4 is 14.8 Å². The Morgan fingerprint density at radius 3 is 2.18 bits per heavy atom. The molecule has 0 bridgehead atoms. The van der Waals surface area contributed by atoms with Gasteiger partial charge in [-0.2, -0.15) is 0 Å². The highest BCUT2D eigenvalue weighted by atomic mass is 35.5. The second-order valence-corrected chi connectivity index (χ2v) is 10.0. The third-order valence-electron chi connectivity index (χ3n) is 6.83. The molecule has 6 nitrogen and oxygen atoms in total. The summed E-state index contributed by atoms with van der Waals surface area (Å²) in [6.07, 6.45) is 0.685. The molecule has 0 aliphatic carbocycles. The Morgan fingerprint density at radius 1 is 1.03 bits per heavy atom. The molecule has 0 atom stereocenters. The summed E-state index contributed by atoms with van der Waals surface area (Å²) in [5.41, 5.74) is 1.76. The van der Waals surface area contributed by atoms with Crippen LogP contribution in [-0.2, 0) is 6.54 Å². The Hall–Kier alpha value is -3.36. The lowest BCUT2D eigenvalue weighted by atomic mass is 9.92. The maximum absolute atomic E-state index is 15.6. The van der Waals surface area contributed by atoms with Crippen LogP contribution in [0.3, 0.4) is 0 Å². The van der Waals surface area contributed by atoms with Crippen LogP contribution in [0.4, 0.5) is 14.5 Å². The molecule has 1 aliphatic heterocycles. The van der Waals surface area contributed by atoms with Gasteiger partial charge in [0.05, 0.1) is 35.1 Å². The van der Waals surface area contributed by atoms with E-state index < -0.39 is 11.6 Å². The number of carbonyl (C=O) groups is 1. The van der Waals surface area contributed by atoms with Crippen LogP contribution in [0.25, 0.3) is 11.1 Å². The van der Waals surface area contributed by atoms with E-state index in [0.717, 1.165) is 16.7 Å². The van der Waals surface area contributed by atoms with Gasteiger partial charge in [0, 0.05) is 26.2 Å². The molecule has 1 saturated heterocycles. The summed E-state index contributed by atoms with van der Waals surface area (Å²) in [4.78, 5) is 13.3. The number of carboxylic acids is 1. The SMILES string of the molecule is CCOc1cc(CN2CCC(F)(CNc3ccc(C(=O)O)cc3Cl)CC2)cc(OCC)c1-c1ccc(F)cc1. The predicted octanol–water partition coefficient (Wildman–Crippen LogP) is 7.06. The van der Waals surface area contributed by atoms with Crippen molar-refractivity contribution in [2.24, 2.45) is 0 Å². The van der Waals surface area contributed by atoms with Gasteiger partial charge in [-0.1, -0.05) is 23.7 Å². The van der Waals surface area contributed by atoms with E-state index in [1.54, 1.807) is 18.2 Å². The van der Waals surface area contributed by atoms with E-state index in [-0.39, 0.29) is 22.9 Å². The number of hydrogen-bond acceptors (Lipinski definition) is 5. The quantitative estimate of drug-likeness (QED) is 0.262. The van der Waals surface area contributed by atoms with E-state index in [0.29, 0.717) is 62.9 Å². The van der Waals surface area contributed by atoms with Crippen LogP contribution in [0.5, 0.6) is 11.5 Å². The maximum Gasteiger partial charge on any atom is 0.335 e. The molecule has 0 unspecified atom stereocenters. The van der Waals surface area contributed by atoms with Crippen molar-refractivity contribution in [3.05, 3.63) is 76.6 Å². The minimum atomic E-state index is -1.41. The van der Waals surface area contributed by atoms with Gasteiger partial charge < -0.3 is 19.9 Å². The first kappa shape index (κ1) is 28.6. The molecule has 1 fully saturated rings. The van der Waals surface area contributed by atoms with Crippen LogP contribution >= 0.6 is 11.6 Å². The number of likely N-dealkylation sites (tertiary alicyclic amines) is 1. The molecule has 0 aromatic heterocycles. The van der Waals surface area contributed by atoms with Gasteiger partial charge in [0.25, 0.3) is 0 Å². The second kappa shape index (κ2) is 12.7. The van der Waals surface area contributed by atoms with Crippen LogP contribution in [0, 0.1) is 5.82 Å². The number of aromatic carboxylic acids is 1. The van der Waals surface area contributed by atoms with E-state index in [2.05, 4.69) is 10.2 Å². The average Bonchev–Trinajstić information content (AvgIpc) is 2.90. The fourth-order valence-electron chi connectivity index (χ4n) is 4.77. The van der Waals surface area contributed by atoms with Crippen molar-refractivity contribution < 1.29 is 28.2 Å². The van der Waals surface area contributed by atoms with Gasteiger partial charge in [-0.15, -0.1) is 0 Å². The number of alkyl halides is 1. The summed E-state index contributed by atoms with van der Waals surface area (Å²) in [5.74, 6) is -0.0480. The number of benzene rings is 3. The average molecular weight is 559 g/mol. The first-order valence-corrected chi connectivity index (χ1v) is 13.5. The number of hydrogen-bond donors (Lipinski definition) is 2. The van der Waals surface area contributed by atoms with E-state index in [1.165, 1.54) is 24.3 Å². The Labute approximate surface area is 232 Å². The maximum atomic E-state index is 15.6. The Morgan fingerprint density at radius 2 is 1.64 bits per heavy atom. The molecule has 0 amide bonds. The Bertz CT molecular complexity index is 1270. The zero-order valence-corrected chi connectivity index (χ0v) is 22.9. The molecule has 39 heavy (non-hydrogen) atoms. The fraction of sp³-hybridized carbons (Fsp3) is 0.367. The van der Waals surface area contributed by atoms with E-state index >= 15 is 4.39 Å². The number of rotatable bonds is 11. The second-order valence-electron chi connectivity index (χ2n) is 9.62. The van der Waals surface area contributed by atoms with Crippen molar-refractivity contribution in [1.29, 1.82) is 0 Å². The molecule has 0 radical (unpaired) electrons. The summed E-state index contributed by atoms with van der Waals surface area (Å²) in [5, 5.41) is 12.4. The topological polar surface area (TPSA) is 71.0 Å². The third-order valence-corrected chi connectivity index (χ3v) is 7.14. The van der Waals surface area contributed by atoms with E-state index in [9.17, 15) is 9.18 Å². The van der Waals surface area contributed by atoms with Crippen LogP contribution in [0.1, 0.15) is 42.6 Å². The summed E-state index contributed by atoms with van der Waals surface area (Å²) in [6.45, 7) is 6.58. The van der Waals surface area contributed by atoms with Crippen molar-refractivity contribution in [2.75, 3.05) is 38.2 Å². The first-order valence-electron chi connectivity index (χ1n) is 13.1. The fourth-order valence-corrected chi connectivity index (χ4v) is 5.01. The predicted molar refractivity (Wildman–Crippen MR) is 149 cm³/mol. The lowest BCUT2D eigenvalue weighted by Crippen LogP contribution is -2.45. The smallest absolute Gasteiger partial charge is 0.335 e. The summed E-state index contributed by atoms with van der Waals surface area (Å²) in [6, 6.07) is 14.6. The van der Waals surface area contributed by atoms with Crippen molar-refractivity contribution in [1.82, 2.24) is 4.90 Å². The van der Waals surface area contributed by atoms with Gasteiger partial charge in [-0.05, 0) is 80.3 Å². The molecule has 3 aromatic rings. The Balaban J connectivity index is 1.43. The number of halogens is 3.